The largest absolute Gasteiger partial charge is 0.484 e. The molecule has 1 aromatic rings. The van der Waals surface area contributed by atoms with E-state index in [1.807, 2.05) is 0 Å². The molecule has 1 atom stereocenters. The molecule has 0 bridgehead atoms. The van der Waals surface area contributed by atoms with Gasteiger partial charge in [-0.05, 0) is 18.6 Å². The number of benzene rings is 1. The number of aliphatic carboxylic acids is 1. The van der Waals surface area contributed by atoms with Crippen molar-refractivity contribution < 1.29 is 19.4 Å². The van der Waals surface area contributed by atoms with Crippen molar-refractivity contribution in [3.05, 3.63) is 40.9 Å². The Hall–Kier alpha value is -1.72. The van der Waals surface area contributed by atoms with Gasteiger partial charge in [-0.1, -0.05) is 29.3 Å². The van der Waals surface area contributed by atoms with Crippen LogP contribution in [-0.2, 0) is 9.59 Å². The lowest BCUT2D eigenvalue weighted by Gasteiger charge is -2.13. The van der Waals surface area contributed by atoms with Gasteiger partial charge in [0.25, 0.3) is 5.91 Å². The first kappa shape index (κ1) is 16.3. The molecule has 0 heterocycles. The Morgan fingerprint density at radius 3 is 2.65 bits per heavy atom. The number of carbonyl (C=O) groups excluding carboxylic acids is 1. The first-order valence-electron chi connectivity index (χ1n) is 5.65. The lowest BCUT2D eigenvalue weighted by atomic mass is 10.2. The molecule has 0 radical (unpaired) electrons. The van der Waals surface area contributed by atoms with Crippen LogP contribution in [0.2, 0.25) is 10.0 Å². The van der Waals surface area contributed by atoms with E-state index in [1.54, 1.807) is 6.07 Å². The number of carbonyl (C=O) groups is 2. The van der Waals surface area contributed by atoms with E-state index in [2.05, 4.69) is 11.9 Å². The summed E-state index contributed by atoms with van der Waals surface area (Å²) in [7, 11) is 0. The second-order valence-corrected chi connectivity index (χ2v) is 4.66. The second-order valence-electron chi connectivity index (χ2n) is 3.85. The standard InChI is InChI=1S/C13H13Cl2NO4/c1-2-3-11(13(18)19)16-12(17)7-20-8-4-5-9(14)10(15)6-8/h2,4-6,11H,1,3,7H2,(H,16,17)(H,18,19). The summed E-state index contributed by atoms with van der Waals surface area (Å²) in [5, 5.41) is 11.9. The van der Waals surface area contributed by atoms with Crippen LogP contribution in [0.5, 0.6) is 5.75 Å². The van der Waals surface area contributed by atoms with Crippen LogP contribution in [0.25, 0.3) is 0 Å². The lowest BCUT2D eigenvalue weighted by Crippen LogP contribution is -2.42. The van der Waals surface area contributed by atoms with Crippen LogP contribution in [0.15, 0.2) is 30.9 Å². The van der Waals surface area contributed by atoms with Crippen LogP contribution in [-0.4, -0.2) is 29.6 Å². The highest BCUT2D eigenvalue weighted by molar-refractivity contribution is 6.42. The van der Waals surface area contributed by atoms with Gasteiger partial charge in [-0.2, -0.15) is 0 Å². The minimum absolute atomic E-state index is 0.133. The molecule has 2 N–H and O–H groups in total. The SMILES string of the molecule is C=CCC(NC(=O)COc1ccc(Cl)c(Cl)c1)C(=O)O. The fourth-order valence-electron chi connectivity index (χ4n) is 1.34. The monoisotopic (exact) mass is 317 g/mol. The summed E-state index contributed by atoms with van der Waals surface area (Å²) in [6.45, 7) is 3.11. The number of rotatable bonds is 7. The van der Waals surface area contributed by atoms with Crippen LogP contribution < -0.4 is 10.1 Å². The van der Waals surface area contributed by atoms with Crippen LogP contribution in [0.4, 0.5) is 0 Å². The van der Waals surface area contributed by atoms with E-state index < -0.39 is 17.9 Å². The molecule has 7 heteroatoms. The van der Waals surface area contributed by atoms with Gasteiger partial charge in [0.1, 0.15) is 11.8 Å². The lowest BCUT2D eigenvalue weighted by molar-refractivity contribution is -0.142. The third-order valence-corrected chi connectivity index (χ3v) is 3.04. The van der Waals surface area contributed by atoms with Crippen molar-refractivity contribution in [2.75, 3.05) is 6.61 Å². The quantitative estimate of drug-likeness (QED) is 0.758. The van der Waals surface area contributed by atoms with Gasteiger partial charge in [0.05, 0.1) is 10.0 Å². The summed E-state index contributed by atoms with van der Waals surface area (Å²) in [5.74, 6) is -1.32. The molecule has 1 rings (SSSR count). The zero-order valence-electron chi connectivity index (χ0n) is 10.4. The molecule has 5 nitrogen and oxygen atoms in total. The summed E-state index contributed by atoms with van der Waals surface area (Å²) in [6, 6.07) is 3.54. The Kier molecular flexibility index (Phi) is 6.35. The third-order valence-electron chi connectivity index (χ3n) is 2.30. The van der Waals surface area contributed by atoms with Crippen molar-refractivity contribution in [2.24, 2.45) is 0 Å². The summed E-state index contributed by atoms with van der Waals surface area (Å²) < 4.78 is 5.19. The minimum atomic E-state index is -1.13. The average molecular weight is 318 g/mol. The van der Waals surface area contributed by atoms with Gasteiger partial charge in [0.15, 0.2) is 6.61 Å². The van der Waals surface area contributed by atoms with Crippen molar-refractivity contribution in [3.8, 4) is 5.75 Å². The fourth-order valence-corrected chi connectivity index (χ4v) is 1.63. The number of halogens is 2. The molecular weight excluding hydrogens is 305 g/mol. The second kappa shape index (κ2) is 7.77. The van der Waals surface area contributed by atoms with Gasteiger partial charge >= 0.3 is 5.97 Å². The molecule has 0 saturated heterocycles. The predicted molar refractivity (Wildman–Crippen MR) is 76.3 cm³/mol. The molecule has 20 heavy (non-hydrogen) atoms. The highest BCUT2D eigenvalue weighted by Crippen LogP contribution is 2.26. The zero-order chi connectivity index (χ0) is 15.1. The number of hydrogen-bond acceptors (Lipinski definition) is 3. The van der Waals surface area contributed by atoms with E-state index in [9.17, 15) is 9.59 Å². The maximum atomic E-state index is 11.6. The van der Waals surface area contributed by atoms with Crippen molar-refractivity contribution in [3.63, 3.8) is 0 Å². The highest BCUT2D eigenvalue weighted by Gasteiger charge is 2.18. The molecule has 1 amide bonds. The number of hydrogen-bond donors (Lipinski definition) is 2. The molecule has 0 spiro atoms. The van der Waals surface area contributed by atoms with Gasteiger partial charge in [0.2, 0.25) is 0 Å². The van der Waals surface area contributed by atoms with Gasteiger partial charge in [0, 0.05) is 6.07 Å². The van der Waals surface area contributed by atoms with E-state index in [0.29, 0.717) is 15.8 Å². The molecular formula is C13H13Cl2NO4. The zero-order valence-corrected chi connectivity index (χ0v) is 11.9. The first-order valence-corrected chi connectivity index (χ1v) is 6.40. The van der Waals surface area contributed by atoms with Gasteiger partial charge in [-0.15, -0.1) is 6.58 Å². The Morgan fingerprint density at radius 2 is 2.10 bits per heavy atom. The number of amides is 1. The molecule has 108 valence electrons. The van der Waals surface area contributed by atoms with Gasteiger partial charge in [-0.25, -0.2) is 4.79 Å². The maximum absolute atomic E-state index is 11.6. The van der Waals surface area contributed by atoms with E-state index in [1.165, 1.54) is 18.2 Å². The number of nitrogens with one attached hydrogen (secondary N) is 1. The summed E-state index contributed by atoms with van der Waals surface area (Å²) in [4.78, 5) is 22.4. The Balaban J connectivity index is 2.52. The maximum Gasteiger partial charge on any atom is 0.326 e. The van der Waals surface area contributed by atoms with Crippen LogP contribution >= 0.6 is 23.2 Å². The van der Waals surface area contributed by atoms with Crippen molar-refractivity contribution in [2.45, 2.75) is 12.5 Å². The number of carboxylic acid groups (broad SMARTS) is 1. The summed E-state index contributed by atoms with van der Waals surface area (Å²) >= 11 is 11.5. The summed E-state index contributed by atoms with van der Waals surface area (Å²) in [5.41, 5.74) is 0. The fraction of sp³-hybridized carbons (Fsp3) is 0.231. The molecule has 0 saturated carbocycles. The van der Waals surface area contributed by atoms with Gasteiger partial charge < -0.3 is 15.2 Å². The minimum Gasteiger partial charge on any atom is -0.484 e. The van der Waals surface area contributed by atoms with E-state index in [4.69, 9.17) is 33.0 Å². The van der Waals surface area contributed by atoms with E-state index in [0.717, 1.165) is 0 Å². The highest BCUT2D eigenvalue weighted by atomic mass is 35.5. The van der Waals surface area contributed by atoms with Crippen LogP contribution in [0, 0.1) is 0 Å². The number of carboxylic acids is 1. The molecule has 0 aliphatic rings. The van der Waals surface area contributed by atoms with Crippen molar-refractivity contribution >= 4 is 35.1 Å². The molecule has 0 aromatic heterocycles. The summed E-state index contributed by atoms with van der Waals surface area (Å²) in [6.07, 6.45) is 1.55. The molecule has 0 aliphatic heterocycles. The molecule has 0 aliphatic carbocycles. The molecule has 1 aromatic carbocycles. The van der Waals surface area contributed by atoms with Gasteiger partial charge in [-0.3, -0.25) is 4.79 Å². The predicted octanol–water partition coefficient (Wildman–Crippen LogP) is 2.52. The third kappa shape index (κ3) is 5.11. The van der Waals surface area contributed by atoms with Crippen LogP contribution in [0.3, 0.4) is 0 Å². The average Bonchev–Trinajstić information content (AvgIpc) is 2.39. The Morgan fingerprint density at radius 1 is 1.40 bits per heavy atom. The Bertz CT molecular complexity index is 519. The normalized spacial score (nSPS) is 11.5. The number of ether oxygens (including phenoxy) is 1. The molecule has 1 unspecified atom stereocenters. The topological polar surface area (TPSA) is 75.6 Å². The van der Waals surface area contributed by atoms with Crippen molar-refractivity contribution in [1.29, 1.82) is 0 Å². The van der Waals surface area contributed by atoms with E-state index >= 15 is 0 Å². The van der Waals surface area contributed by atoms with E-state index in [-0.39, 0.29) is 13.0 Å². The van der Waals surface area contributed by atoms with Crippen molar-refractivity contribution in [1.82, 2.24) is 5.32 Å². The smallest absolute Gasteiger partial charge is 0.326 e. The molecule has 0 fully saturated rings. The Labute approximate surface area is 126 Å². The first-order chi connectivity index (χ1) is 9.43. The van der Waals surface area contributed by atoms with Crippen LogP contribution in [0.1, 0.15) is 6.42 Å².